The Bertz CT molecular complexity index is 978. The van der Waals surface area contributed by atoms with Gasteiger partial charge in [-0.25, -0.2) is 8.42 Å². The topological polar surface area (TPSA) is 90.7 Å². The van der Waals surface area contributed by atoms with Crippen molar-refractivity contribution in [3.05, 3.63) is 54.1 Å². The number of benzene rings is 2. The van der Waals surface area contributed by atoms with E-state index in [0.29, 0.717) is 17.0 Å². The minimum absolute atomic E-state index is 0.0456. The van der Waals surface area contributed by atoms with E-state index in [1.807, 2.05) is 6.07 Å². The number of carbonyl (C=O) groups is 1. The van der Waals surface area contributed by atoms with Crippen LogP contribution in [0.1, 0.15) is 5.56 Å². The molecule has 0 saturated carbocycles. The largest absolute Gasteiger partial charge is 0.476 e. The molecule has 1 aliphatic rings. The van der Waals surface area contributed by atoms with Gasteiger partial charge in [0.25, 0.3) is 15.9 Å². The van der Waals surface area contributed by atoms with E-state index >= 15 is 0 Å². The number of rotatable bonds is 3. The molecule has 0 spiro atoms. The van der Waals surface area contributed by atoms with Crippen LogP contribution in [-0.2, 0) is 14.8 Å². The number of sulfonamides is 1. The molecule has 0 bridgehead atoms. The number of nitrogens with zero attached hydrogens (tertiary/aromatic N) is 3. The van der Waals surface area contributed by atoms with Gasteiger partial charge >= 0.3 is 0 Å². The predicted octanol–water partition coefficient (Wildman–Crippen LogP) is 1.60. The first-order valence-electron chi connectivity index (χ1n) is 7.84. The van der Waals surface area contributed by atoms with E-state index in [1.54, 1.807) is 38.4 Å². The number of hydrogen-bond donors (Lipinski definition) is 0. The quantitative estimate of drug-likeness (QED) is 0.817. The number of fused-ring (bicyclic) bond motifs is 1. The molecular formula is C18H17N3O4S. The third-order valence-electron chi connectivity index (χ3n) is 4.02. The standard InChI is InChI=1S/C18H17N3O4S/c1-20(2)18(22)17-12-21(15-5-3-4-6-16(15)25-17)26(23,24)14-9-7-13(11-19)8-10-14/h3-10,17H,12H2,1-2H3. The van der Waals surface area contributed by atoms with Crippen LogP contribution in [0.25, 0.3) is 0 Å². The van der Waals surface area contributed by atoms with Gasteiger partial charge in [0.2, 0.25) is 0 Å². The minimum atomic E-state index is -3.92. The zero-order chi connectivity index (χ0) is 18.9. The van der Waals surface area contributed by atoms with Crippen molar-refractivity contribution in [2.45, 2.75) is 11.0 Å². The van der Waals surface area contributed by atoms with Gasteiger partial charge in [0, 0.05) is 14.1 Å². The van der Waals surface area contributed by atoms with E-state index in [1.165, 1.54) is 33.5 Å². The third-order valence-corrected chi connectivity index (χ3v) is 5.82. The lowest BCUT2D eigenvalue weighted by Crippen LogP contribution is -2.50. The molecule has 0 fully saturated rings. The van der Waals surface area contributed by atoms with Gasteiger partial charge in [0.1, 0.15) is 5.75 Å². The smallest absolute Gasteiger partial charge is 0.265 e. The molecule has 26 heavy (non-hydrogen) atoms. The van der Waals surface area contributed by atoms with Crippen molar-refractivity contribution >= 4 is 21.6 Å². The molecule has 1 amide bonds. The summed E-state index contributed by atoms with van der Waals surface area (Å²) in [6.45, 7) is -0.129. The lowest BCUT2D eigenvalue weighted by Gasteiger charge is -2.35. The van der Waals surface area contributed by atoms with Crippen molar-refractivity contribution in [3.8, 4) is 11.8 Å². The van der Waals surface area contributed by atoms with Crippen LogP contribution < -0.4 is 9.04 Å². The van der Waals surface area contributed by atoms with Gasteiger partial charge in [-0.1, -0.05) is 12.1 Å². The van der Waals surface area contributed by atoms with Crippen LogP contribution in [0.15, 0.2) is 53.4 Å². The fourth-order valence-corrected chi connectivity index (χ4v) is 4.15. The van der Waals surface area contributed by atoms with Crippen LogP contribution in [0.5, 0.6) is 5.75 Å². The van der Waals surface area contributed by atoms with Gasteiger partial charge < -0.3 is 9.64 Å². The fraction of sp³-hybridized carbons (Fsp3) is 0.222. The Kier molecular flexibility index (Phi) is 4.57. The number of nitriles is 1. The molecule has 0 saturated heterocycles. The highest BCUT2D eigenvalue weighted by Crippen LogP contribution is 2.37. The monoisotopic (exact) mass is 371 g/mol. The number of carbonyl (C=O) groups excluding carboxylic acids is 1. The molecule has 0 aliphatic carbocycles. The summed E-state index contributed by atoms with van der Waals surface area (Å²) in [5, 5.41) is 8.89. The normalized spacial score (nSPS) is 16.2. The highest BCUT2D eigenvalue weighted by Gasteiger charge is 2.37. The highest BCUT2D eigenvalue weighted by molar-refractivity contribution is 7.92. The molecule has 3 rings (SSSR count). The van der Waals surface area contributed by atoms with Crippen LogP contribution >= 0.6 is 0 Å². The fourth-order valence-electron chi connectivity index (χ4n) is 2.68. The van der Waals surface area contributed by atoms with Gasteiger partial charge in [-0.3, -0.25) is 9.10 Å². The van der Waals surface area contributed by atoms with Gasteiger partial charge in [-0.05, 0) is 36.4 Å². The van der Waals surface area contributed by atoms with Crippen molar-refractivity contribution in [2.24, 2.45) is 0 Å². The van der Waals surface area contributed by atoms with Crippen LogP contribution in [0.3, 0.4) is 0 Å². The zero-order valence-electron chi connectivity index (χ0n) is 14.3. The van der Waals surface area contributed by atoms with E-state index in [2.05, 4.69) is 0 Å². The Morgan fingerprint density at radius 2 is 1.85 bits per heavy atom. The van der Waals surface area contributed by atoms with Gasteiger partial charge in [-0.2, -0.15) is 5.26 Å². The lowest BCUT2D eigenvalue weighted by molar-refractivity contribution is -0.135. The summed E-state index contributed by atoms with van der Waals surface area (Å²) in [7, 11) is -0.741. The summed E-state index contributed by atoms with van der Waals surface area (Å²) in [4.78, 5) is 13.8. The Labute approximate surface area is 152 Å². The SMILES string of the molecule is CN(C)C(=O)C1CN(S(=O)(=O)c2ccc(C#N)cc2)c2ccccc2O1. The summed E-state index contributed by atoms with van der Waals surface area (Å²) < 4.78 is 33.2. The summed E-state index contributed by atoms with van der Waals surface area (Å²) in [6.07, 6.45) is -0.937. The zero-order valence-corrected chi connectivity index (χ0v) is 15.1. The van der Waals surface area contributed by atoms with Crippen molar-refractivity contribution in [1.29, 1.82) is 5.26 Å². The molecule has 1 heterocycles. The first-order valence-corrected chi connectivity index (χ1v) is 9.28. The molecule has 2 aromatic carbocycles. The number of anilines is 1. The van der Waals surface area contributed by atoms with Gasteiger partial charge in [0.15, 0.2) is 6.10 Å². The Hall–Kier alpha value is -3.05. The second kappa shape index (κ2) is 6.69. The average Bonchev–Trinajstić information content (AvgIpc) is 2.66. The number of hydrogen-bond acceptors (Lipinski definition) is 5. The molecular weight excluding hydrogens is 354 g/mol. The maximum Gasteiger partial charge on any atom is 0.265 e. The van der Waals surface area contributed by atoms with E-state index in [4.69, 9.17) is 10.00 Å². The predicted molar refractivity (Wildman–Crippen MR) is 95.2 cm³/mol. The maximum atomic E-state index is 13.2. The van der Waals surface area contributed by atoms with Crippen molar-refractivity contribution in [3.63, 3.8) is 0 Å². The maximum absolute atomic E-state index is 13.2. The van der Waals surface area contributed by atoms with E-state index in [0.717, 1.165) is 0 Å². The van der Waals surface area contributed by atoms with Crippen LogP contribution in [0.4, 0.5) is 5.69 Å². The summed E-state index contributed by atoms with van der Waals surface area (Å²) in [5.74, 6) is 0.00991. The highest BCUT2D eigenvalue weighted by atomic mass is 32.2. The van der Waals surface area contributed by atoms with Crippen LogP contribution in [-0.4, -0.2) is 46.0 Å². The summed E-state index contributed by atoms with van der Waals surface area (Å²) in [6, 6.07) is 14.3. The molecule has 0 radical (unpaired) electrons. The molecule has 1 unspecified atom stereocenters. The number of likely N-dealkylation sites (N-methyl/N-ethyl adjacent to an activating group) is 1. The Morgan fingerprint density at radius 3 is 2.46 bits per heavy atom. The Morgan fingerprint density at radius 1 is 1.19 bits per heavy atom. The number of para-hydroxylation sites is 2. The van der Waals surface area contributed by atoms with Crippen molar-refractivity contribution in [1.82, 2.24) is 4.90 Å². The molecule has 7 nitrogen and oxygen atoms in total. The average molecular weight is 371 g/mol. The molecule has 0 aromatic heterocycles. The molecule has 134 valence electrons. The van der Waals surface area contributed by atoms with Gasteiger partial charge in [-0.15, -0.1) is 0 Å². The first kappa shape index (κ1) is 17.8. The Balaban J connectivity index is 2.06. The summed E-state index contributed by atoms with van der Waals surface area (Å²) >= 11 is 0. The second-order valence-electron chi connectivity index (χ2n) is 5.98. The van der Waals surface area contributed by atoms with Crippen molar-refractivity contribution in [2.75, 3.05) is 24.9 Å². The molecule has 8 heteroatoms. The summed E-state index contributed by atoms with van der Waals surface area (Å²) in [5.41, 5.74) is 0.742. The van der Waals surface area contributed by atoms with Gasteiger partial charge in [0.05, 0.1) is 28.8 Å². The van der Waals surface area contributed by atoms with E-state index in [-0.39, 0.29) is 17.3 Å². The molecule has 2 aromatic rings. The van der Waals surface area contributed by atoms with E-state index < -0.39 is 16.1 Å². The van der Waals surface area contributed by atoms with E-state index in [9.17, 15) is 13.2 Å². The molecule has 0 N–H and O–H groups in total. The van der Waals surface area contributed by atoms with Crippen LogP contribution in [0, 0.1) is 11.3 Å². The minimum Gasteiger partial charge on any atom is -0.476 e. The number of ether oxygens (including phenoxy) is 1. The molecule has 1 aliphatic heterocycles. The third kappa shape index (κ3) is 3.09. The first-order chi connectivity index (χ1) is 12.3. The number of amides is 1. The second-order valence-corrected chi connectivity index (χ2v) is 7.84. The van der Waals surface area contributed by atoms with Crippen molar-refractivity contribution < 1.29 is 17.9 Å². The molecule has 1 atom stereocenters. The lowest BCUT2D eigenvalue weighted by atomic mass is 10.2. The van der Waals surface area contributed by atoms with Crippen LogP contribution in [0.2, 0.25) is 0 Å².